The Balaban J connectivity index is 1.77. The lowest BCUT2D eigenvalue weighted by Crippen LogP contribution is -2.54. The molecule has 2 fully saturated rings. The fourth-order valence-electron chi connectivity index (χ4n) is 3.04. The van der Waals surface area contributed by atoms with Gasteiger partial charge < -0.3 is 5.32 Å². The summed E-state index contributed by atoms with van der Waals surface area (Å²) in [5.41, 5.74) is 1.23. The zero-order chi connectivity index (χ0) is 12.2. The van der Waals surface area contributed by atoms with Crippen molar-refractivity contribution in [3.8, 4) is 0 Å². The van der Waals surface area contributed by atoms with Crippen molar-refractivity contribution in [3.05, 3.63) is 30.1 Å². The van der Waals surface area contributed by atoms with Crippen LogP contribution in [0, 0.1) is 0 Å². The van der Waals surface area contributed by atoms with Crippen molar-refractivity contribution in [3.63, 3.8) is 0 Å². The van der Waals surface area contributed by atoms with E-state index >= 15 is 0 Å². The predicted molar refractivity (Wildman–Crippen MR) is 72.0 cm³/mol. The molecule has 1 unspecified atom stereocenters. The SMILES string of the molecule is c1ccc(C2CCCCN2N2CCNCC2)nc1. The van der Waals surface area contributed by atoms with Gasteiger partial charge in [-0.25, -0.2) is 10.0 Å². The van der Waals surface area contributed by atoms with Gasteiger partial charge in [0.1, 0.15) is 0 Å². The van der Waals surface area contributed by atoms with Gasteiger partial charge in [-0.3, -0.25) is 4.98 Å². The second-order valence-corrected chi connectivity index (χ2v) is 5.13. The van der Waals surface area contributed by atoms with Crippen molar-refractivity contribution in [1.82, 2.24) is 20.3 Å². The average Bonchev–Trinajstić information content (AvgIpc) is 2.49. The molecular weight excluding hydrogens is 224 g/mol. The van der Waals surface area contributed by atoms with Crippen molar-refractivity contribution in [1.29, 1.82) is 0 Å². The van der Waals surface area contributed by atoms with E-state index in [1.165, 1.54) is 31.5 Å². The predicted octanol–water partition coefficient (Wildman–Crippen LogP) is 1.43. The molecule has 1 N–H and O–H groups in total. The van der Waals surface area contributed by atoms with Gasteiger partial charge in [0.25, 0.3) is 0 Å². The molecule has 0 radical (unpaired) electrons. The number of hydrogen-bond acceptors (Lipinski definition) is 4. The number of nitrogens with zero attached hydrogens (tertiary/aromatic N) is 3. The van der Waals surface area contributed by atoms with Crippen LogP contribution in [0.25, 0.3) is 0 Å². The Morgan fingerprint density at radius 2 is 2.00 bits per heavy atom. The van der Waals surface area contributed by atoms with Gasteiger partial charge in [-0.15, -0.1) is 0 Å². The van der Waals surface area contributed by atoms with Gasteiger partial charge in [0.2, 0.25) is 0 Å². The molecular formula is C14H22N4. The molecule has 3 heterocycles. The lowest BCUT2D eigenvalue weighted by molar-refractivity contribution is -0.0872. The summed E-state index contributed by atoms with van der Waals surface area (Å²) in [6.07, 6.45) is 5.79. The van der Waals surface area contributed by atoms with E-state index in [2.05, 4.69) is 32.5 Å². The van der Waals surface area contributed by atoms with E-state index in [-0.39, 0.29) is 0 Å². The van der Waals surface area contributed by atoms with Gasteiger partial charge in [-0.05, 0) is 25.0 Å². The van der Waals surface area contributed by atoms with Crippen LogP contribution in [-0.4, -0.2) is 47.7 Å². The molecule has 0 aliphatic carbocycles. The normalized spacial score (nSPS) is 27.2. The zero-order valence-corrected chi connectivity index (χ0v) is 10.9. The fourth-order valence-corrected chi connectivity index (χ4v) is 3.04. The van der Waals surface area contributed by atoms with Crippen LogP contribution < -0.4 is 5.32 Å². The summed E-state index contributed by atoms with van der Waals surface area (Å²) in [5, 5.41) is 8.51. The molecule has 1 aromatic rings. The summed E-state index contributed by atoms with van der Waals surface area (Å²) in [7, 11) is 0. The minimum Gasteiger partial charge on any atom is -0.314 e. The summed E-state index contributed by atoms with van der Waals surface area (Å²) in [6.45, 7) is 5.64. The molecule has 0 bridgehead atoms. The summed E-state index contributed by atoms with van der Waals surface area (Å²) in [5.74, 6) is 0. The Morgan fingerprint density at radius 3 is 2.78 bits per heavy atom. The molecule has 4 nitrogen and oxygen atoms in total. The number of aromatic nitrogens is 1. The largest absolute Gasteiger partial charge is 0.314 e. The molecule has 1 atom stereocenters. The van der Waals surface area contributed by atoms with Gasteiger partial charge in [0, 0.05) is 38.9 Å². The van der Waals surface area contributed by atoms with E-state index in [0.29, 0.717) is 6.04 Å². The Bertz CT molecular complexity index is 361. The quantitative estimate of drug-likeness (QED) is 0.855. The second kappa shape index (κ2) is 5.78. The summed E-state index contributed by atoms with van der Waals surface area (Å²) < 4.78 is 0. The molecule has 1 aromatic heterocycles. The molecule has 18 heavy (non-hydrogen) atoms. The number of piperidine rings is 1. The van der Waals surface area contributed by atoms with Gasteiger partial charge >= 0.3 is 0 Å². The maximum atomic E-state index is 4.56. The van der Waals surface area contributed by atoms with Crippen LogP contribution in [0.5, 0.6) is 0 Å². The molecule has 98 valence electrons. The maximum absolute atomic E-state index is 4.56. The Morgan fingerprint density at radius 1 is 1.11 bits per heavy atom. The van der Waals surface area contributed by atoms with Crippen molar-refractivity contribution in [2.45, 2.75) is 25.3 Å². The van der Waals surface area contributed by atoms with E-state index in [1.807, 2.05) is 12.3 Å². The highest BCUT2D eigenvalue weighted by molar-refractivity contribution is 5.09. The maximum Gasteiger partial charge on any atom is 0.0667 e. The van der Waals surface area contributed by atoms with Crippen molar-refractivity contribution < 1.29 is 0 Å². The van der Waals surface area contributed by atoms with E-state index in [1.54, 1.807) is 0 Å². The van der Waals surface area contributed by atoms with E-state index in [9.17, 15) is 0 Å². The first-order valence-corrected chi connectivity index (χ1v) is 7.08. The van der Waals surface area contributed by atoms with E-state index in [0.717, 1.165) is 26.2 Å². The number of pyridine rings is 1. The van der Waals surface area contributed by atoms with Gasteiger partial charge in [0.15, 0.2) is 0 Å². The first-order chi connectivity index (χ1) is 8.95. The highest BCUT2D eigenvalue weighted by Gasteiger charge is 2.29. The van der Waals surface area contributed by atoms with Crippen LogP contribution in [0.4, 0.5) is 0 Å². The Kier molecular flexibility index (Phi) is 3.88. The number of hydrazine groups is 1. The molecule has 2 aliphatic rings. The number of hydrogen-bond donors (Lipinski definition) is 1. The molecule has 2 aliphatic heterocycles. The number of rotatable bonds is 2. The first-order valence-electron chi connectivity index (χ1n) is 7.08. The minimum absolute atomic E-state index is 0.484. The topological polar surface area (TPSA) is 31.4 Å². The van der Waals surface area contributed by atoms with E-state index in [4.69, 9.17) is 0 Å². The van der Waals surface area contributed by atoms with Crippen LogP contribution in [-0.2, 0) is 0 Å². The molecule has 0 saturated carbocycles. The lowest BCUT2D eigenvalue weighted by atomic mass is 10.0. The van der Waals surface area contributed by atoms with Gasteiger partial charge in [-0.1, -0.05) is 12.5 Å². The third-order valence-corrected chi connectivity index (χ3v) is 3.96. The number of piperazine rings is 1. The van der Waals surface area contributed by atoms with Crippen molar-refractivity contribution in [2.24, 2.45) is 0 Å². The molecule has 3 rings (SSSR count). The third-order valence-electron chi connectivity index (χ3n) is 3.96. The average molecular weight is 246 g/mol. The van der Waals surface area contributed by atoms with Gasteiger partial charge in [0.05, 0.1) is 11.7 Å². The molecule has 0 aromatic carbocycles. The standard InChI is InChI=1S/C14H22N4/c1-3-7-16-13(5-1)14-6-2-4-10-18(14)17-11-8-15-9-12-17/h1,3,5,7,14-15H,2,4,6,8-12H2. The molecule has 0 amide bonds. The minimum atomic E-state index is 0.484. The highest BCUT2D eigenvalue weighted by Crippen LogP contribution is 2.30. The van der Waals surface area contributed by atoms with Crippen LogP contribution in [0.3, 0.4) is 0 Å². The lowest BCUT2D eigenvalue weighted by Gasteiger charge is -2.44. The second-order valence-electron chi connectivity index (χ2n) is 5.13. The Labute approximate surface area is 109 Å². The van der Waals surface area contributed by atoms with Crippen LogP contribution in [0.2, 0.25) is 0 Å². The van der Waals surface area contributed by atoms with Crippen LogP contribution in [0.1, 0.15) is 31.0 Å². The summed E-state index contributed by atoms with van der Waals surface area (Å²) in [4.78, 5) is 4.56. The smallest absolute Gasteiger partial charge is 0.0667 e. The van der Waals surface area contributed by atoms with Crippen LogP contribution >= 0.6 is 0 Å². The third kappa shape index (κ3) is 2.55. The summed E-state index contributed by atoms with van der Waals surface area (Å²) >= 11 is 0. The van der Waals surface area contributed by atoms with Crippen molar-refractivity contribution >= 4 is 0 Å². The van der Waals surface area contributed by atoms with Gasteiger partial charge in [-0.2, -0.15) is 0 Å². The molecule has 4 heteroatoms. The monoisotopic (exact) mass is 246 g/mol. The molecule has 2 saturated heterocycles. The molecule has 0 spiro atoms. The number of nitrogens with one attached hydrogen (secondary N) is 1. The summed E-state index contributed by atoms with van der Waals surface area (Å²) in [6, 6.07) is 6.76. The zero-order valence-electron chi connectivity index (χ0n) is 10.9. The first kappa shape index (κ1) is 12.1. The van der Waals surface area contributed by atoms with Crippen molar-refractivity contribution in [2.75, 3.05) is 32.7 Å². The Hall–Kier alpha value is -0.970. The van der Waals surface area contributed by atoms with E-state index < -0.39 is 0 Å². The highest BCUT2D eigenvalue weighted by atomic mass is 15.6. The van der Waals surface area contributed by atoms with Crippen LogP contribution in [0.15, 0.2) is 24.4 Å². The fraction of sp³-hybridized carbons (Fsp3) is 0.643.